The molecule has 11 nitrogen and oxygen atoms in total. The van der Waals surface area contributed by atoms with Gasteiger partial charge in [0.05, 0.1) is 12.7 Å². The van der Waals surface area contributed by atoms with Gasteiger partial charge >= 0.3 is 12.1 Å². The van der Waals surface area contributed by atoms with Gasteiger partial charge in [-0.2, -0.15) is 5.26 Å². The zero-order valence-corrected chi connectivity index (χ0v) is 25.8. The molecule has 0 saturated carbocycles. The molecular formula is C32H42N4O7. The van der Waals surface area contributed by atoms with E-state index in [0.717, 1.165) is 16.0 Å². The number of aliphatic hydroxyl groups is 1. The van der Waals surface area contributed by atoms with Crippen molar-refractivity contribution in [1.82, 2.24) is 15.5 Å². The number of hydrogen-bond donors (Lipinski definition) is 3. The molecule has 0 aromatic heterocycles. The van der Waals surface area contributed by atoms with Crippen LogP contribution in [0.25, 0.3) is 0 Å². The minimum Gasteiger partial charge on any atom is -0.458 e. The Morgan fingerprint density at radius 1 is 0.907 bits per heavy atom. The van der Waals surface area contributed by atoms with Crippen LogP contribution in [-0.2, 0) is 30.3 Å². The number of alkyl carbamates (subject to hydrolysis) is 1. The highest BCUT2D eigenvalue weighted by atomic mass is 16.6. The fourth-order valence-electron chi connectivity index (χ4n) is 4.19. The Morgan fingerprint density at radius 2 is 1.53 bits per heavy atom. The van der Waals surface area contributed by atoms with E-state index in [1.54, 1.807) is 97.0 Å². The fourth-order valence-corrected chi connectivity index (χ4v) is 4.19. The van der Waals surface area contributed by atoms with Crippen molar-refractivity contribution in [2.24, 2.45) is 0 Å². The van der Waals surface area contributed by atoms with Crippen molar-refractivity contribution in [2.75, 3.05) is 13.2 Å². The summed E-state index contributed by atoms with van der Waals surface area (Å²) < 4.78 is 10.8. The largest absolute Gasteiger partial charge is 0.458 e. The van der Waals surface area contributed by atoms with Crippen LogP contribution in [0.2, 0.25) is 0 Å². The summed E-state index contributed by atoms with van der Waals surface area (Å²) in [5.41, 5.74) is 0.185. The van der Waals surface area contributed by atoms with Crippen molar-refractivity contribution in [2.45, 2.75) is 84.2 Å². The predicted molar refractivity (Wildman–Crippen MR) is 159 cm³/mol. The number of aliphatic hydroxyl groups excluding tert-OH is 1. The lowest BCUT2D eigenvalue weighted by Gasteiger charge is -2.33. The molecule has 2 aromatic rings. The molecule has 11 heteroatoms. The van der Waals surface area contributed by atoms with E-state index >= 15 is 0 Å². The van der Waals surface area contributed by atoms with Crippen LogP contribution in [0, 0.1) is 18.3 Å². The van der Waals surface area contributed by atoms with Crippen molar-refractivity contribution in [3.63, 3.8) is 0 Å². The summed E-state index contributed by atoms with van der Waals surface area (Å²) in [5.74, 6) is -2.32. The average Bonchev–Trinajstić information content (AvgIpc) is 2.89. The minimum atomic E-state index is -1.52. The second-order valence-electron chi connectivity index (χ2n) is 12.1. The smallest absolute Gasteiger partial charge is 0.408 e. The van der Waals surface area contributed by atoms with Gasteiger partial charge in [0, 0.05) is 6.42 Å². The molecule has 0 bridgehead atoms. The number of carbonyl (C=O) groups excluding carboxylic acids is 4. The number of benzene rings is 2. The first-order chi connectivity index (χ1) is 20.0. The van der Waals surface area contributed by atoms with E-state index < -0.39 is 66.4 Å². The first-order valence-corrected chi connectivity index (χ1v) is 14.0. The van der Waals surface area contributed by atoms with Crippen molar-refractivity contribution >= 4 is 23.9 Å². The van der Waals surface area contributed by atoms with E-state index in [2.05, 4.69) is 10.6 Å². The predicted octanol–water partition coefficient (Wildman–Crippen LogP) is 3.34. The molecule has 0 fully saturated rings. The molecule has 0 aliphatic rings. The van der Waals surface area contributed by atoms with Gasteiger partial charge in [-0.1, -0.05) is 60.2 Å². The molecule has 43 heavy (non-hydrogen) atoms. The first-order valence-electron chi connectivity index (χ1n) is 14.0. The Hall–Kier alpha value is -4.43. The molecular weight excluding hydrogens is 552 g/mol. The second-order valence-corrected chi connectivity index (χ2v) is 12.1. The monoisotopic (exact) mass is 594 g/mol. The van der Waals surface area contributed by atoms with E-state index in [4.69, 9.17) is 9.47 Å². The zero-order valence-electron chi connectivity index (χ0n) is 25.8. The lowest BCUT2D eigenvalue weighted by atomic mass is 9.99. The maximum absolute atomic E-state index is 14.1. The third-order valence-electron chi connectivity index (χ3n) is 5.90. The Kier molecular flexibility index (Phi) is 12.3. The molecule has 0 spiro atoms. The molecule has 232 valence electrons. The lowest BCUT2D eigenvalue weighted by Crippen LogP contribution is -2.56. The number of nitrogens with one attached hydrogen (secondary N) is 2. The van der Waals surface area contributed by atoms with Gasteiger partial charge in [-0.3, -0.25) is 9.59 Å². The fraction of sp³-hybridized carbons (Fsp3) is 0.469. The molecule has 2 aromatic carbocycles. The maximum atomic E-state index is 14.1. The highest BCUT2D eigenvalue weighted by Crippen LogP contribution is 2.24. The first kappa shape index (κ1) is 34.8. The molecule has 0 aliphatic heterocycles. The number of rotatable bonds is 11. The summed E-state index contributed by atoms with van der Waals surface area (Å²) >= 11 is 0. The van der Waals surface area contributed by atoms with Gasteiger partial charge < -0.3 is 30.1 Å². The van der Waals surface area contributed by atoms with Crippen LogP contribution in [-0.4, -0.2) is 70.3 Å². The van der Waals surface area contributed by atoms with E-state index in [9.17, 15) is 29.5 Å². The van der Waals surface area contributed by atoms with Crippen LogP contribution in [0.15, 0.2) is 54.6 Å². The normalized spacial score (nSPS) is 13.5. The van der Waals surface area contributed by atoms with E-state index in [-0.39, 0.29) is 6.42 Å². The van der Waals surface area contributed by atoms with E-state index in [1.807, 2.05) is 12.1 Å². The summed E-state index contributed by atoms with van der Waals surface area (Å²) in [6.07, 6.45) is -0.852. The quantitative estimate of drug-likeness (QED) is 0.264. The number of aryl methyl sites for hydroxylation is 1. The maximum Gasteiger partial charge on any atom is 0.408 e. The number of nitriles is 1. The number of esters is 1. The molecule has 0 aliphatic carbocycles. The van der Waals surface area contributed by atoms with Gasteiger partial charge in [0.15, 0.2) is 0 Å². The second kappa shape index (κ2) is 15.2. The van der Waals surface area contributed by atoms with Crippen LogP contribution >= 0.6 is 0 Å². The van der Waals surface area contributed by atoms with Crippen LogP contribution in [0.3, 0.4) is 0 Å². The third-order valence-corrected chi connectivity index (χ3v) is 5.90. The summed E-state index contributed by atoms with van der Waals surface area (Å²) in [6, 6.07) is 13.7. The average molecular weight is 595 g/mol. The van der Waals surface area contributed by atoms with Crippen LogP contribution < -0.4 is 10.6 Å². The highest BCUT2D eigenvalue weighted by molar-refractivity contribution is 5.94. The summed E-state index contributed by atoms with van der Waals surface area (Å²) in [4.78, 5) is 54.5. The van der Waals surface area contributed by atoms with Crippen molar-refractivity contribution in [1.29, 1.82) is 5.26 Å². The van der Waals surface area contributed by atoms with E-state index in [0.29, 0.717) is 5.56 Å². The van der Waals surface area contributed by atoms with Gasteiger partial charge in [-0.05, 0) is 59.6 Å². The molecule has 2 rings (SSSR count). The van der Waals surface area contributed by atoms with Gasteiger partial charge in [-0.15, -0.1) is 0 Å². The third kappa shape index (κ3) is 11.4. The topological polar surface area (TPSA) is 158 Å². The summed E-state index contributed by atoms with van der Waals surface area (Å²) in [6.45, 7) is 10.5. The molecule has 3 atom stereocenters. The molecule has 3 N–H and O–H groups in total. The molecule has 3 unspecified atom stereocenters. The van der Waals surface area contributed by atoms with Gasteiger partial charge in [-0.25, -0.2) is 9.59 Å². The van der Waals surface area contributed by atoms with Gasteiger partial charge in [0.2, 0.25) is 11.8 Å². The van der Waals surface area contributed by atoms with Crippen LogP contribution in [0.5, 0.6) is 0 Å². The Balaban J connectivity index is 2.53. The van der Waals surface area contributed by atoms with Crippen molar-refractivity contribution < 1.29 is 33.8 Å². The van der Waals surface area contributed by atoms with Crippen LogP contribution in [0.1, 0.15) is 64.3 Å². The van der Waals surface area contributed by atoms with Gasteiger partial charge in [0.1, 0.15) is 35.9 Å². The minimum absolute atomic E-state index is 0.105. The number of ether oxygens (including phenoxy) is 2. The Bertz CT molecular complexity index is 1310. The molecule has 0 saturated heterocycles. The lowest BCUT2D eigenvalue weighted by molar-refractivity contribution is -0.159. The van der Waals surface area contributed by atoms with Gasteiger partial charge in [0.25, 0.3) is 0 Å². The number of carbonyl (C=O) groups is 4. The number of hydrogen-bond acceptors (Lipinski definition) is 8. The summed E-state index contributed by atoms with van der Waals surface area (Å²) in [5, 5.41) is 24.8. The van der Waals surface area contributed by atoms with Crippen molar-refractivity contribution in [3.8, 4) is 6.07 Å². The summed E-state index contributed by atoms with van der Waals surface area (Å²) in [7, 11) is 0. The molecule has 0 heterocycles. The zero-order chi connectivity index (χ0) is 32.4. The standard InChI is InChI=1S/C32H42N4O7/c1-21-12-11-15-23(18-21)26(36(17-16-33)28(39)25(20-37)35-30(41)43-32(5,6)7)27(38)34-24(29(40)42-31(2,3)4)19-22-13-9-8-10-14-22/h8-15,18,24-26,37H,17,19-20H2,1-7H3,(H,34,38)(H,35,41). The SMILES string of the molecule is Cc1cccc(C(C(=O)NC(Cc2ccccc2)C(=O)OC(C)(C)C)N(CC#N)C(=O)C(CO)NC(=O)OC(C)(C)C)c1. The van der Waals surface area contributed by atoms with Crippen LogP contribution in [0.4, 0.5) is 4.79 Å². The molecule has 0 radical (unpaired) electrons. The number of amides is 3. The Labute approximate surface area is 253 Å². The van der Waals surface area contributed by atoms with Crippen molar-refractivity contribution in [3.05, 3.63) is 71.3 Å². The van der Waals surface area contributed by atoms with E-state index in [1.165, 1.54) is 0 Å². The number of nitrogens with zero attached hydrogens (tertiary/aromatic N) is 2. The highest BCUT2D eigenvalue weighted by Gasteiger charge is 2.38. The Morgan fingerprint density at radius 3 is 2.07 bits per heavy atom. The molecule has 3 amide bonds.